The number of hydrogen-bond acceptors (Lipinski definition) is 5. The molecule has 1 aromatic carbocycles. The Bertz CT molecular complexity index is 585. The number of hydrogen-bond donors (Lipinski definition) is 0. The standard InChI is InChI=1S/C14H14N2O2S/c1-3-7-17-9-11-5-6-13(19-4-2)12(8-11)14-16-15-10-18-14/h5-6,8,10H,4,9H2,1-2H3. The van der Waals surface area contributed by atoms with E-state index < -0.39 is 0 Å². The van der Waals surface area contributed by atoms with Crippen LogP contribution in [0.25, 0.3) is 11.5 Å². The van der Waals surface area contributed by atoms with E-state index in [-0.39, 0.29) is 0 Å². The lowest BCUT2D eigenvalue weighted by molar-refractivity contribution is 0.265. The minimum absolute atomic E-state index is 0.444. The molecule has 0 unspecified atom stereocenters. The third kappa shape index (κ3) is 3.52. The molecule has 0 atom stereocenters. The van der Waals surface area contributed by atoms with Gasteiger partial charge in [-0.2, -0.15) is 0 Å². The first-order valence-corrected chi connectivity index (χ1v) is 6.89. The van der Waals surface area contributed by atoms with Crippen molar-refractivity contribution >= 4 is 11.8 Å². The van der Waals surface area contributed by atoms with Crippen molar-refractivity contribution < 1.29 is 9.15 Å². The number of benzene rings is 1. The number of ether oxygens (including phenoxy) is 1. The van der Waals surface area contributed by atoms with Crippen LogP contribution in [0.1, 0.15) is 19.4 Å². The fraction of sp³-hybridized carbons (Fsp3) is 0.286. The Labute approximate surface area is 116 Å². The number of aromatic nitrogens is 2. The van der Waals surface area contributed by atoms with Crippen molar-refractivity contribution in [1.29, 1.82) is 0 Å². The summed E-state index contributed by atoms with van der Waals surface area (Å²) in [5.74, 6) is 4.21. The predicted octanol–water partition coefficient (Wildman–Crippen LogP) is 3.35. The fourth-order valence-electron chi connectivity index (χ4n) is 1.60. The van der Waals surface area contributed by atoms with Gasteiger partial charge in [0, 0.05) is 11.8 Å². The average molecular weight is 274 g/mol. The van der Waals surface area contributed by atoms with E-state index in [0.717, 1.165) is 21.8 Å². The summed E-state index contributed by atoms with van der Waals surface area (Å²) in [6.45, 7) is 4.29. The van der Waals surface area contributed by atoms with Gasteiger partial charge < -0.3 is 9.15 Å². The van der Waals surface area contributed by atoms with Gasteiger partial charge in [0.25, 0.3) is 0 Å². The summed E-state index contributed by atoms with van der Waals surface area (Å²) in [5, 5.41) is 7.69. The highest BCUT2D eigenvalue weighted by molar-refractivity contribution is 7.99. The monoisotopic (exact) mass is 274 g/mol. The van der Waals surface area contributed by atoms with Crippen LogP contribution in [0.4, 0.5) is 0 Å². The Kier molecular flexibility index (Phi) is 4.87. The Hall–Kier alpha value is -1.93. The van der Waals surface area contributed by atoms with Crippen molar-refractivity contribution in [1.82, 2.24) is 10.2 Å². The van der Waals surface area contributed by atoms with Crippen molar-refractivity contribution in [3.05, 3.63) is 30.2 Å². The van der Waals surface area contributed by atoms with Crippen LogP contribution in [0.3, 0.4) is 0 Å². The molecule has 0 radical (unpaired) electrons. The molecule has 0 amide bonds. The normalized spacial score (nSPS) is 9.79. The van der Waals surface area contributed by atoms with Gasteiger partial charge in [-0.05, 0) is 23.4 Å². The lowest BCUT2D eigenvalue weighted by atomic mass is 10.1. The van der Waals surface area contributed by atoms with Gasteiger partial charge in [-0.15, -0.1) is 22.0 Å². The van der Waals surface area contributed by atoms with E-state index in [9.17, 15) is 0 Å². The third-order valence-electron chi connectivity index (χ3n) is 2.35. The predicted molar refractivity (Wildman–Crippen MR) is 74.4 cm³/mol. The molecule has 0 aliphatic rings. The zero-order valence-electron chi connectivity index (χ0n) is 10.8. The SMILES string of the molecule is CC#COCc1ccc(SCC)c(-c2nnco2)c1. The molecule has 1 heterocycles. The quantitative estimate of drug-likeness (QED) is 0.618. The molecule has 4 nitrogen and oxygen atoms in total. The zero-order valence-corrected chi connectivity index (χ0v) is 11.7. The zero-order chi connectivity index (χ0) is 13.5. The molecule has 2 aromatic rings. The number of thioether (sulfide) groups is 1. The molecule has 2 rings (SSSR count). The first-order chi connectivity index (χ1) is 9.35. The Morgan fingerprint density at radius 2 is 2.32 bits per heavy atom. The van der Waals surface area contributed by atoms with Gasteiger partial charge in [-0.25, -0.2) is 0 Å². The van der Waals surface area contributed by atoms with Crippen LogP contribution in [-0.2, 0) is 11.3 Å². The molecule has 0 fully saturated rings. The minimum Gasteiger partial charge on any atom is -0.442 e. The largest absolute Gasteiger partial charge is 0.442 e. The van der Waals surface area contributed by atoms with Crippen LogP contribution < -0.4 is 0 Å². The average Bonchev–Trinajstić information content (AvgIpc) is 2.95. The second-order valence-corrected chi connectivity index (χ2v) is 4.95. The highest BCUT2D eigenvalue weighted by Crippen LogP contribution is 2.31. The molecular weight excluding hydrogens is 260 g/mol. The lowest BCUT2D eigenvalue weighted by Crippen LogP contribution is -1.91. The molecule has 5 heteroatoms. The molecule has 0 aliphatic heterocycles. The van der Waals surface area contributed by atoms with Crippen LogP contribution in [-0.4, -0.2) is 16.0 Å². The number of nitrogens with zero attached hydrogens (tertiary/aromatic N) is 2. The third-order valence-corrected chi connectivity index (χ3v) is 3.30. The molecule has 0 spiro atoms. The number of rotatable bonds is 5. The summed E-state index contributed by atoms with van der Waals surface area (Å²) in [6, 6.07) is 6.07. The summed E-state index contributed by atoms with van der Waals surface area (Å²) >= 11 is 1.74. The van der Waals surface area contributed by atoms with E-state index >= 15 is 0 Å². The van der Waals surface area contributed by atoms with Crippen LogP contribution in [0.15, 0.2) is 33.9 Å². The fourth-order valence-corrected chi connectivity index (χ4v) is 2.37. The highest BCUT2D eigenvalue weighted by Gasteiger charge is 2.11. The maximum Gasteiger partial charge on any atom is 0.248 e. The Morgan fingerprint density at radius 3 is 3.00 bits per heavy atom. The molecule has 98 valence electrons. The maximum atomic E-state index is 5.28. The second-order valence-electron chi connectivity index (χ2n) is 3.65. The van der Waals surface area contributed by atoms with Crippen LogP contribution in [0.2, 0.25) is 0 Å². The summed E-state index contributed by atoms with van der Waals surface area (Å²) in [4.78, 5) is 1.12. The summed E-state index contributed by atoms with van der Waals surface area (Å²) < 4.78 is 10.5. The Balaban J connectivity index is 2.29. The first kappa shape index (κ1) is 13.5. The van der Waals surface area contributed by atoms with Crippen LogP contribution in [0, 0.1) is 12.0 Å². The summed E-state index contributed by atoms with van der Waals surface area (Å²) in [6.07, 6.45) is 3.92. The van der Waals surface area contributed by atoms with E-state index in [1.165, 1.54) is 6.39 Å². The maximum absolute atomic E-state index is 5.28. The van der Waals surface area contributed by atoms with Gasteiger partial charge >= 0.3 is 0 Å². The van der Waals surface area contributed by atoms with E-state index in [2.05, 4.69) is 29.1 Å². The van der Waals surface area contributed by atoms with Gasteiger partial charge in [-0.3, -0.25) is 0 Å². The van der Waals surface area contributed by atoms with Crippen molar-refractivity contribution in [3.63, 3.8) is 0 Å². The lowest BCUT2D eigenvalue weighted by Gasteiger charge is -2.07. The topological polar surface area (TPSA) is 48.2 Å². The molecule has 0 aliphatic carbocycles. The highest BCUT2D eigenvalue weighted by atomic mass is 32.2. The van der Waals surface area contributed by atoms with E-state index in [4.69, 9.17) is 9.15 Å². The van der Waals surface area contributed by atoms with Crippen LogP contribution in [0.5, 0.6) is 0 Å². The first-order valence-electron chi connectivity index (χ1n) is 5.91. The van der Waals surface area contributed by atoms with E-state index in [1.54, 1.807) is 18.7 Å². The molecule has 19 heavy (non-hydrogen) atoms. The van der Waals surface area contributed by atoms with Gasteiger partial charge in [0.15, 0.2) is 0 Å². The van der Waals surface area contributed by atoms with Gasteiger partial charge in [-0.1, -0.05) is 18.9 Å². The van der Waals surface area contributed by atoms with Crippen molar-refractivity contribution in [2.24, 2.45) is 0 Å². The van der Waals surface area contributed by atoms with Crippen molar-refractivity contribution in [2.75, 3.05) is 5.75 Å². The molecular formula is C14H14N2O2S. The Morgan fingerprint density at radius 1 is 1.42 bits per heavy atom. The van der Waals surface area contributed by atoms with E-state index in [1.807, 2.05) is 18.2 Å². The minimum atomic E-state index is 0.444. The second kappa shape index (κ2) is 6.86. The van der Waals surface area contributed by atoms with E-state index in [0.29, 0.717) is 12.5 Å². The summed E-state index contributed by atoms with van der Waals surface area (Å²) in [5.41, 5.74) is 1.96. The van der Waals surface area contributed by atoms with Gasteiger partial charge in [0.2, 0.25) is 12.3 Å². The van der Waals surface area contributed by atoms with Gasteiger partial charge in [0.05, 0.1) is 5.56 Å². The summed E-state index contributed by atoms with van der Waals surface area (Å²) in [7, 11) is 0. The van der Waals surface area contributed by atoms with Crippen molar-refractivity contribution in [3.8, 4) is 23.5 Å². The molecule has 1 aromatic heterocycles. The van der Waals surface area contributed by atoms with Crippen molar-refractivity contribution in [2.45, 2.75) is 25.3 Å². The molecule has 0 bridgehead atoms. The molecule has 0 saturated carbocycles. The van der Waals surface area contributed by atoms with Gasteiger partial charge in [0.1, 0.15) is 12.7 Å². The van der Waals surface area contributed by atoms with Crippen LogP contribution >= 0.6 is 11.8 Å². The smallest absolute Gasteiger partial charge is 0.248 e. The molecule has 0 N–H and O–H groups in total. The molecule has 0 saturated heterocycles.